The molecule has 1 saturated heterocycles. The topological polar surface area (TPSA) is 58.3 Å². The van der Waals surface area contributed by atoms with E-state index in [1.165, 1.54) is 24.1 Å². The van der Waals surface area contributed by atoms with Gasteiger partial charge in [-0.2, -0.15) is 0 Å². The molecule has 108 valence electrons. The number of hydrogen-bond donors (Lipinski definition) is 1. The maximum Gasteiger partial charge on any atom is 0.161 e. The summed E-state index contributed by atoms with van der Waals surface area (Å²) in [6, 6.07) is 8.46. The van der Waals surface area contributed by atoms with Gasteiger partial charge in [-0.05, 0) is 30.9 Å². The first-order chi connectivity index (χ1) is 10.3. The Morgan fingerprint density at radius 3 is 2.57 bits per heavy atom. The molecule has 3 heterocycles. The van der Waals surface area contributed by atoms with Crippen molar-refractivity contribution in [2.45, 2.75) is 19.3 Å². The van der Waals surface area contributed by atoms with Crippen LogP contribution in [0.2, 0.25) is 0 Å². The fraction of sp³-hybridized carbons (Fsp3) is 0.375. The van der Waals surface area contributed by atoms with Gasteiger partial charge in [0.05, 0.1) is 0 Å². The minimum atomic E-state index is 0.705. The SMILES string of the molecule is Nc1c(N2CCCC2)ncnc1N1CCc2ccccc21. The molecule has 0 unspecified atom stereocenters. The molecule has 0 atom stereocenters. The Morgan fingerprint density at radius 1 is 0.952 bits per heavy atom. The van der Waals surface area contributed by atoms with Crippen LogP contribution in [0.4, 0.5) is 23.0 Å². The first-order valence-electron chi connectivity index (χ1n) is 7.55. The molecule has 2 aliphatic heterocycles. The molecule has 0 aliphatic carbocycles. The highest BCUT2D eigenvalue weighted by atomic mass is 15.3. The summed E-state index contributed by atoms with van der Waals surface area (Å²) in [5.41, 5.74) is 9.67. The summed E-state index contributed by atoms with van der Waals surface area (Å²) >= 11 is 0. The Morgan fingerprint density at radius 2 is 1.71 bits per heavy atom. The van der Waals surface area contributed by atoms with Gasteiger partial charge in [-0.15, -0.1) is 0 Å². The van der Waals surface area contributed by atoms with Crippen molar-refractivity contribution in [3.8, 4) is 0 Å². The molecule has 0 saturated carbocycles. The van der Waals surface area contributed by atoms with E-state index in [2.05, 4.69) is 44.0 Å². The van der Waals surface area contributed by atoms with Crippen molar-refractivity contribution >= 4 is 23.0 Å². The van der Waals surface area contributed by atoms with Crippen LogP contribution in [0.15, 0.2) is 30.6 Å². The molecule has 0 spiro atoms. The van der Waals surface area contributed by atoms with Gasteiger partial charge in [0.25, 0.3) is 0 Å². The molecule has 4 rings (SSSR count). The largest absolute Gasteiger partial charge is 0.393 e. The first-order valence-corrected chi connectivity index (χ1v) is 7.55. The van der Waals surface area contributed by atoms with Gasteiger partial charge < -0.3 is 15.5 Å². The summed E-state index contributed by atoms with van der Waals surface area (Å²) < 4.78 is 0. The zero-order valence-corrected chi connectivity index (χ0v) is 12.0. The highest BCUT2D eigenvalue weighted by Gasteiger charge is 2.25. The average molecular weight is 281 g/mol. The second-order valence-corrected chi connectivity index (χ2v) is 5.66. The molecule has 2 aliphatic rings. The highest BCUT2D eigenvalue weighted by Crippen LogP contribution is 2.38. The molecule has 1 fully saturated rings. The maximum absolute atomic E-state index is 6.39. The van der Waals surface area contributed by atoms with Gasteiger partial charge in [0.1, 0.15) is 12.0 Å². The van der Waals surface area contributed by atoms with Crippen molar-refractivity contribution in [1.82, 2.24) is 9.97 Å². The molecule has 0 radical (unpaired) electrons. The minimum Gasteiger partial charge on any atom is -0.393 e. The third-order valence-corrected chi connectivity index (χ3v) is 4.39. The lowest BCUT2D eigenvalue weighted by molar-refractivity contribution is 0.916. The maximum atomic E-state index is 6.39. The highest BCUT2D eigenvalue weighted by molar-refractivity contribution is 5.81. The van der Waals surface area contributed by atoms with Crippen molar-refractivity contribution in [2.24, 2.45) is 0 Å². The number of rotatable bonds is 2. The zero-order chi connectivity index (χ0) is 14.2. The smallest absolute Gasteiger partial charge is 0.161 e. The third-order valence-electron chi connectivity index (χ3n) is 4.39. The summed E-state index contributed by atoms with van der Waals surface area (Å²) in [4.78, 5) is 13.3. The van der Waals surface area contributed by atoms with Crippen molar-refractivity contribution in [3.63, 3.8) is 0 Å². The fourth-order valence-electron chi connectivity index (χ4n) is 3.33. The normalized spacial score (nSPS) is 17.3. The van der Waals surface area contributed by atoms with Crippen molar-refractivity contribution in [1.29, 1.82) is 0 Å². The van der Waals surface area contributed by atoms with E-state index in [0.29, 0.717) is 5.69 Å². The van der Waals surface area contributed by atoms with E-state index in [1.54, 1.807) is 6.33 Å². The number of nitrogen functional groups attached to an aromatic ring is 1. The lowest BCUT2D eigenvalue weighted by atomic mass is 10.2. The average Bonchev–Trinajstić information content (AvgIpc) is 3.17. The van der Waals surface area contributed by atoms with Crippen LogP contribution in [-0.2, 0) is 6.42 Å². The number of hydrogen-bond acceptors (Lipinski definition) is 5. The van der Waals surface area contributed by atoms with E-state index in [9.17, 15) is 0 Å². The van der Waals surface area contributed by atoms with Crippen LogP contribution in [0.5, 0.6) is 0 Å². The lowest BCUT2D eigenvalue weighted by Gasteiger charge is -2.24. The molecule has 0 bridgehead atoms. The number of para-hydroxylation sites is 1. The van der Waals surface area contributed by atoms with Gasteiger partial charge in [-0.1, -0.05) is 18.2 Å². The van der Waals surface area contributed by atoms with Crippen LogP contribution in [0, 0.1) is 0 Å². The van der Waals surface area contributed by atoms with Crippen LogP contribution in [0.1, 0.15) is 18.4 Å². The molecule has 1 aromatic carbocycles. The second-order valence-electron chi connectivity index (χ2n) is 5.66. The summed E-state index contributed by atoms with van der Waals surface area (Å²) in [5, 5.41) is 0. The van der Waals surface area contributed by atoms with E-state index in [0.717, 1.165) is 37.7 Å². The first kappa shape index (κ1) is 12.4. The quantitative estimate of drug-likeness (QED) is 0.915. The van der Waals surface area contributed by atoms with Gasteiger partial charge in [0, 0.05) is 25.3 Å². The van der Waals surface area contributed by atoms with Gasteiger partial charge in [-0.25, -0.2) is 9.97 Å². The Bertz CT molecular complexity index is 663. The van der Waals surface area contributed by atoms with Crippen LogP contribution >= 0.6 is 0 Å². The Kier molecular flexibility index (Phi) is 2.91. The number of benzene rings is 1. The van der Waals surface area contributed by atoms with E-state index in [-0.39, 0.29) is 0 Å². The van der Waals surface area contributed by atoms with Crippen LogP contribution < -0.4 is 15.5 Å². The van der Waals surface area contributed by atoms with E-state index >= 15 is 0 Å². The summed E-state index contributed by atoms with van der Waals surface area (Å²) in [6.07, 6.45) is 5.11. The minimum absolute atomic E-state index is 0.705. The standard InChI is InChI=1S/C16H19N5/c17-14-15(20-8-3-4-9-20)18-11-19-16(14)21-10-7-12-5-1-2-6-13(12)21/h1-2,5-6,11H,3-4,7-10,17H2. The number of nitrogens with two attached hydrogens (primary N) is 1. The predicted molar refractivity (Wildman–Crippen MR) is 85.0 cm³/mol. The molecule has 0 amide bonds. The molecular weight excluding hydrogens is 262 g/mol. The molecule has 2 aromatic rings. The number of fused-ring (bicyclic) bond motifs is 1. The van der Waals surface area contributed by atoms with Crippen molar-refractivity contribution in [2.75, 3.05) is 35.2 Å². The van der Waals surface area contributed by atoms with E-state index < -0.39 is 0 Å². The van der Waals surface area contributed by atoms with Crippen molar-refractivity contribution in [3.05, 3.63) is 36.2 Å². The van der Waals surface area contributed by atoms with Gasteiger partial charge in [-0.3, -0.25) is 0 Å². The van der Waals surface area contributed by atoms with Gasteiger partial charge in [0.2, 0.25) is 0 Å². The predicted octanol–water partition coefficient (Wildman–Crippen LogP) is 2.35. The monoisotopic (exact) mass is 281 g/mol. The van der Waals surface area contributed by atoms with Gasteiger partial charge >= 0.3 is 0 Å². The Balaban J connectivity index is 1.75. The zero-order valence-electron chi connectivity index (χ0n) is 12.0. The van der Waals surface area contributed by atoms with Gasteiger partial charge in [0.15, 0.2) is 11.6 Å². The Labute approximate surface area is 124 Å². The molecular formula is C16H19N5. The molecule has 5 nitrogen and oxygen atoms in total. The van der Waals surface area contributed by atoms with E-state index in [4.69, 9.17) is 5.73 Å². The number of nitrogens with zero attached hydrogens (tertiary/aromatic N) is 4. The third kappa shape index (κ3) is 2.00. The van der Waals surface area contributed by atoms with Crippen LogP contribution in [0.3, 0.4) is 0 Å². The van der Waals surface area contributed by atoms with Crippen molar-refractivity contribution < 1.29 is 0 Å². The molecule has 2 N–H and O–H groups in total. The van der Waals surface area contributed by atoms with Crippen LogP contribution in [0.25, 0.3) is 0 Å². The molecule has 1 aromatic heterocycles. The molecule has 21 heavy (non-hydrogen) atoms. The summed E-state index contributed by atoms with van der Waals surface area (Å²) in [5.74, 6) is 1.73. The summed E-state index contributed by atoms with van der Waals surface area (Å²) in [7, 11) is 0. The number of anilines is 4. The fourth-order valence-corrected chi connectivity index (χ4v) is 3.33. The van der Waals surface area contributed by atoms with Crippen LogP contribution in [-0.4, -0.2) is 29.6 Å². The molecule has 5 heteroatoms. The Hall–Kier alpha value is -2.30. The number of aromatic nitrogens is 2. The lowest BCUT2D eigenvalue weighted by Crippen LogP contribution is -2.23. The second kappa shape index (κ2) is 4.91. The van der Waals surface area contributed by atoms with E-state index in [1.807, 2.05) is 0 Å². The summed E-state index contributed by atoms with van der Waals surface area (Å²) in [6.45, 7) is 3.01.